The van der Waals surface area contributed by atoms with Crippen LogP contribution in [0.3, 0.4) is 0 Å². The van der Waals surface area contributed by atoms with Gasteiger partial charge in [-0.1, -0.05) is 114 Å². The molecule has 0 bridgehead atoms. The molecule has 6 N–H and O–H groups in total. The number of nitrogen functional groups attached to an aromatic ring is 2. The van der Waals surface area contributed by atoms with Crippen LogP contribution in [0, 0.1) is 10.8 Å². The molecule has 0 saturated carbocycles. The number of nitrogens with one attached hydrogen (secondary N) is 2. The molecule has 6 atom stereocenters. The highest BCUT2D eigenvalue weighted by Gasteiger charge is 2.35. The highest BCUT2D eigenvalue weighted by Crippen LogP contribution is 2.45. The average molecular weight is 1080 g/mol. The van der Waals surface area contributed by atoms with Gasteiger partial charge < -0.3 is 39.5 Å². The first kappa shape index (κ1) is 57.1. The molecule has 8 aromatic rings. The lowest BCUT2D eigenvalue weighted by Crippen LogP contribution is -2.38. The zero-order valence-electron chi connectivity index (χ0n) is 44.8. The Morgan fingerprint density at radius 2 is 0.921 bits per heavy atom. The minimum Gasteiger partial charge on any atom is -0.464 e. The number of carbonyl (C=O) groups excluding carboxylic acids is 2. The van der Waals surface area contributed by atoms with Crippen LogP contribution in [-0.4, -0.2) is 101 Å². The fraction of sp³-hybridized carbons (Fsp3) is 0.407. The van der Waals surface area contributed by atoms with Crippen molar-refractivity contribution in [2.45, 2.75) is 107 Å². The Bertz CT molecular complexity index is 3180. The molecule has 0 fully saturated rings. The van der Waals surface area contributed by atoms with Gasteiger partial charge in [0.2, 0.25) is 14.6 Å². The van der Waals surface area contributed by atoms with Gasteiger partial charge in [-0.15, -0.1) is 0 Å². The largest absolute Gasteiger partial charge is 0.464 e. The van der Waals surface area contributed by atoms with Gasteiger partial charge in [0.05, 0.1) is 51.2 Å². The molecule has 0 aliphatic carbocycles. The van der Waals surface area contributed by atoms with Crippen molar-refractivity contribution in [1.82, 2.24) is 49.2 Å². The first-order valence-electron chi connectivity index (χ1n) is 25.0. The minimum atomic E-state index is -3.43. The predicted molar refractivity (Wildman–Crippen MR) is 299 cm³/mol. The predicted octanol–water partition coefficient (Wildman–Crippen LogP) is 8.19. The Morgan fingerprint density at radius 3 is 1.30 bits per heavy atom. The summed E-state index contributed by atoms with van der Waals surface area (Å²) in [6, 6.07) is 25.1. The normalized spacial score (nSPS) is 15.3. The van der Waals surface area contributed by atoms with Crippen LogP contribution in [0.25, 0.3) is 43.9 Å². The lowest BCUT2D eigenvalue weighted by molar-refractivity contribution is -0.148. The number of benzene rings is 4. The van der Waals surface area contributed by atoms with Crippen LogP contribution in [0.1, 0.15) is 69.2 Å². The number of aromatic nitrogens is 8. The van der Waals surface area contributed by atoms with Gasteiger partial charge in [-0.3, -0.25) is 18.7 Å². The smallest absolute Gasteiger partial charge is 0.323 e. The van der Waals surface area contributed by atoms with Crippen LogP contribution in [0.4, 0.5) is 11.6 Å². The van der Waals surface area contributed by atoms with Crippen molar-refractivity contribution in [2.24, 2.45) is 10.8 Å². The van der Waals surface area contributed by atoms with Gasteiger partial charge in [0, 0.05) is 10.6 Å². The van der Waals surface area contributed by atoms with Gasteiger partial charge in [0.1, 0.15) is 48.5 Å². The van der Waals surface area contributed by atoms with Gasteiger partial charge in [-0.25, -0.2) is 40.1 Å². The van der Waals surface area contributed by atoms with E-state index < -0.39 is 38.6 Å². The van der Waals surface area contributed by atoms with Crippen molar-refractivity contribution in [3.8, 4) is 0 Å². The molecule has 22 heteroatoms. The van der Waals surface area contributed by atoms with E-state index in [0.29, 0.717) is 57.7 Å². The molecule has 4 aromatic carbocycles. The number of nitrogens with zero attached hydrogens (tertiary/aromatic N) is 8. The van der Waals surface area contributed by atoms with E-state index >= 15 is 0 Å². The Kier molecular flexibility index (Phi) is 18.1. The van der Waals surface area contributed by atoms with Crippen LogP contribution >= 0.6 is 14.6 Å². The summed E-state index contributed by atoms with van der Waals surface area (Å²) in [5.41, 5.74) is 13.7. The Hall–Kier alpha value is -6.66. The molecule has 0 spiro atoms. The molecule has 4 aromatic heterocycles. The number of hydrogen-bond donors (Lipinski definition) is 4. The number of anilines is 2. The second kappa shape index (κ2) is 24.1. The summed E-state index contributed by atoms with van der Waals surface area (Å²) in [6.07, 6.45) is 5.09. The molecule has 2 unspecified atom stereocenters. The van der Waals surface area contributed by atoms with Crippen LogP contribution in [0.15, 0.2) is 110 Å². The first-order valence-corrected chi connectivity index (χ1v) is 28.8. The van der Waals surface area contributed by atoms with E-state index in [-0.39, 0.29) is 48.9 Å². The third-order valence-corrected chi connectivity index (χ3v) is 16.9. The number of esters is 2. The van der Waals surface area contributed by atoms with Crippen molar-refractivity contribution in [3.05, 3.63) is 110 Å². The van der Waals surface area contributed by atoms with E-state index in [0.717, 1.165) is 21.5 Å². The van der Waals surface area contributed by atoms with E-state index in [4.69, 9.17) is 30.4 Å². The van der Waals surface area contributed by atoms with Crippen LogP contribution in [0.2, 0.25) is 0 Å². The summed E-state index contributed by atoms with van der Waals surface area (Å²) in [4.78, 5) is 50.7. The zero-order valence-corrected chi connectivity index (χ0v) is 46.6. The fourth-order valence-corrected chi connectivity index (χ4v) is 13.1. The summed E-state index contributed by atoms with van der Waals surface area (Å²) < 4.78 is 56.1. The molecule has 0 saturated heterocycles. The number of carbonyl (C=O) groups is 2. The summed E-state index contributed by atoms with van der Waals surface area (Å²) in [6.45, 7) is 20.3. The van der Waals surface area contributed by atoms with Crippen LogP contribution in [-0.2, 0) is 50.8 Å². The average Bonchev–Trinajstić information content (AvgIpc) is 4.02. The van der Waals surface area contributed by atoms with Gasteiger partial charge in [0.15, 0.2) is 22.9 Å². The number of imidazole rings is 2. The third kappa shape index (κ3) is 14.4. The van der Waals surface area contributed by atoms with Crippen molar-refractivity contribution < 1.29 is 37.7 Å². The minimum absolute atomic E-state index is 0.122. The molecule has 0 aliphatic rings. The van der Waals surface area contributed by atoms with E-state index in [1.54, 1.807) is 26.5 Å². The molecular weight excluding hydrogens is 1010 g/mol. The van der Waals surface area contributed by atoms with Gasteiger partial charge in [-0.2, -0.15) is 0 Å². The third-order valence-electron chi connectivity index (χ3n) is 12.0. The van der Waals surface area contributed by atoms with E-state index in [1.807, 2.05) is 149 Å². The standard InChI is InChI=1S/2C27H35N6O4P/c2*1-18(13-33-16-31-23-24(28)29-15-30-25(23)33)37-17-38(35,32-19(2)26(34)36-14-27(3,4)5)22-12-8-10-20-9-6-7-11-21(20)22/h2*6-12,15-16,18-19H,13-14,17H2,1-5H3,(H,32,35)(H2,28,29,30)/t18-,19+,38?;18-,19-,38?/m10/s1. The van der Waals surface area contributed by atoms with Crippen LogP contribution in [0.5, 0.6) is 0 Å². The maximum atomic E-state index is 14.6. The second-order valence-electron chi connectivity index (χ2n) is 21.4. The van der Waals surface area contributed by atoms with Gasteiger partial charge in [-0.05, 0) is 72.2 Å². The molecule has 8 rings (SSSR count). The van der Waals surface area contributed by atoms with Gasteiger partial charge in [0.25, 0.3) is 0 Å². The molecule has 20 nitrogen and oxygen atoms in total. The summed E-state index contributed by atoms with van der Waals surface area (Å²) >= 11 is 0. The molecule has 76 heavy (non-hydrogen) atoms. The number of hydrogen-bond acceptors (Lipinski definition) is 16. The highest BCUT2D eigenvalue weighted by molar-refractivity contribution is 7.70. The lowest BCUT2D eigenvalue weighted by atomic mass is 9.99. The van der Waals surface area contributed by atoms with Gasteiger partial charge >= 0.3 is 11.9 Å². The summed E-state index contributed by atoms with van der Waals surface area (Å²) in [7, 11) is -6.87. The quantitative estimate of drug-likeness (QED) is 0.0414. The number of rotatable bonds is 20. The van der Waals surface area contributed by atoms with Crippen molar-refractivity contribution in [2.75, 3.05) is 37.4 Å². The molecule has 0 radical (unpaired) electrons. The monoisotopic (exact) mass is 1080 g/mol. The van der Waals surface area contributed by atoms with E-state index in [9.17, 15) is 18.7 Å². The molecule has 0 aliphatic heterocycles. The van der Waals surface area contributed by atoms with E-state index in [1.165, 1.54) is 12.7 Å². The van der Waals surface area contributed by atoms with Crippen molar-refractivity contribution in [3.63, 3.8) is 0 Å². The number of ether oxygens (including phenoxy) is 4. The maximum Gasteiger partial charge on any atom is 0.323 e. The first-order chi connectivity index (χ1) is 35.9. The Balaban J connectivity index is 0.000000221. The lowest BCUT2D eigenvalue weighted by Gasteiger charge is -2.27. The maximum absolute atomic E-state index is 14.6. The summed E-state index contributed by atoms with van der Waals surface area (Å²) in [5.74, 6) is -0.315. The van der Waals surface area contributed by atoms with Crippen molar-refractivity contribution in [1.29, 1.82) is 0 Å². The highest BCUT2D eigenvalue weighted by atomic mass is 31.2. The molecular formula is C54H70N12O8P2. The zero-order chi connectivity index (χ0) is 55.0. The topological polar surface area (TPSA) is 268 Å². The summed E-state index contributed by atoms with van der Waals surface area (Å²) in [5, 5.41) is 11.0. The van der Waals surface area contributed by atoms with Crippen LogP contribution < -0.4 is 32.3 Å². The number of nitrogens with two attached hydrogens (primary N) is 2. The molecule has 404 valence electrons. The molecule has 0 amide bonds. The Labute approximate surface area is 442 Å². The Morgan fingerprint density at radius 1 is 0.553 bits per heavy atom. The van der Waals surface area contributed by atoms with Crippen molar-refractivity contribution >= 4 is 92.6 Å². The van der Waals surface area contributed by atoms with E-state index in [2.05, 4.69) is 40.1 Å². The molecule has 4 heterocycles. The SMILES string of the molecule is C[C@H](Cn1cnc2c(N)ncnc21)OCP(=O)(N[C@@H](C)C(=O)OCC(C)(C)C)c1cccc2ccccc12.C[C@H](NP(=O)(CO[C@@H](C)Cn1cnc2c(N)ncnc21)c1cccc2ccccc12)C(=O)OCC(C)(C)C. The second-order valence-corrected chi connectivity index (χ2v) is 26.3. The fourth-order valence-electron chi connectivity index (χ4n) is 8.14. The number of fused-ring (bicyclic) bond motifs is 4.